The number of alkyl halides is 3. The number of hydrogen-bond acceptors (Lipinski definition) is 7. The molecule has 3 aromatic rings. The highest BCUT2D eigenvalue weighted by Crippen LogP contribution is 2.29. The zero-order chi connectivity index (χ0) is 22.4. The minimum atomic E-state index is -4.41. The maximum atomic E-state index is 12.9. The maximum absolute atomic E-state index is 12.9. The average Bonchev–Trinajstić information content (AvgIpc) is 2.80. The normalized spacial score (nSPS) is 14.5. The van der Waals surface area contributed by atoms with Gasteiger partial charge in [0, 0.05) is 18.8 Å². The zero-order valence-electron chi connectivity index (χ0n) is 17.2. The molecule has 2 N–H and O–H groups in total. The van der Waals surface area contributed by atoms with Crippen LogP contribution in [0.3, 0.4) is 0 Å². The van der Waals surface area contributed by atoms with E-state index in [0.717, 1.165) is 43.8 Å². The lowest BCUT2D eigenvalue weighted by Gasteiger charge is -2.26. The highest BCUT2D eigenvalue weighted by atomic mass is 19.4. The fourth-order valence-electron chi connectivity index (χ4n) is 3.32. The summed E-state index contributed by atoms with van der Waals surface area (Å²) in [5.74, 6) is 1.07. The molecule has 0 unspecified atom stereocenters. The van der Waals surface area contributed by atoms with Crippen molar-refractivity contribution in [3.05, 3.63) is 65.7 Å². The van der Waals surface area contributed by atoms with Crippen molar-refractivity contribution in [1.82, 2.24) is 15.0 Å². The van der Waals surface area contributed by atoms with Crippen molar-refractivity contribution in [2.75, 3.05) is 28.7 Å². The van der Waals surface area contributed by atoms with Crippen LogP contribution < -0.4 is 15.6 Å². The molecule has 32 heavy (non-hydrogen) atoms. The van der Waals surface area contributed by atoms with Gasteiger partial charge >= 0.3 is 6.18 Å². The Kier molecular flexibility index (Phi) is 6.48. The van der Waals surface area contributed by atoms with E-state index in [9.17, 15) is 13.2 Å². The summed E-state index contributed by atoms with van der Waals surface area (Å²) in [6, 6.07) is 14.4. The first kappa shape index (κ1) is 21.5. The van der Waals surface area contributed by atoms with Gasteiger partial charge in [0.1, 0.15) is 0 Å². The standard InChI is InChI=1S/C22H22F3N7/c23-22(24,25)17-9-7-8-16(14-17)15-26-31-20-28-19(27-18-10-3-1-4-11-18)29-21(30-20)32-12-5-2-6-13-32/h1,3-4,7-11,14-15H,2,5-6,12-13H2,(H2,27,28,29,30,31)/b26-15-. The molecule has 1 aliphatic rings. The van der Waals surface area contributed by atoms with Crippen LogP contribution in [0.5, 0.6) is 0 Å². The van der Waals surface area contributed by atoms with Gasteiger partial charge in [0.25, 0.3) is 0 Å². The summed E-state index contributed by atoms with van der Waals surface area (Å²) in [4.78, 5) is 15.4. The van der Waals surface area contributed by atoms with Gasteiger partial charge in [-0.1, -0.05) is 30.3 Å². The second-order valence-electron chi connectivity index (χ2n) is 7.31. The number of benzene rings is 2. The van der Waals surface area contributed by atoms with Crippen molar-refractivity contribution in [3.63, 3.8) is 0 Å². The van der Waals surface area contributed by atoms with Gasteiger partial charge in [-0.15, -0.1) is 0 Å². The summed E-state index contributed by atoms with van der Waals surface area (Å²) in [5, 5.41) is 7.18. The second kappa shape index (κ2) is 9.63. The summed E-state index contributed by atoms with van der Waals surface area (Å²) in [7, 11) is 0. The lowest BCUT2D eigenvalue weighted by atomic mass is 10.1. The van der Waals surface area contributed by atoms with Crippen molar-refractivity contribution < 1.29 is 13.2 Å². The Balaban J connectivity index is 1.55. The molecule has 2 aromatic carbocycles. The predicted octanol–water partition coefficient (Wildman–Crippen LogP) is 5.07. The van der Waals surface area contributed by atoms with Crippen LogP contribution in [-0.2, 0) is 6.18 Å². The molecule has 0 spiro atoms. The number of aromatic nitrogens is 3. The Bertz CT molecular complexity index is 1060. The molecular weight excluding hydrogens is 419 g/mol. The van der Waals surface area contributed by atoms with Crippen molar-refractivity contribution in [3.8, 4) is 0 Å². The summed E-state index contributed by atoms with van der Waals surface area (Å²) in [6.45, 7) is 1.70. The van der Waals surface area contributed by atoms with Crippen LogP contribution in [0, 0.1) is 0 Å². The number of nitrogens with zero attached hydrogens (tertiary/aromatic N) is 5. The summed E-state index contributed by atoms with van der Waals surface area (Å²) < 4.78 is 38.7. The minimum Gasteiger partial charge on any atom is -0.341 e. The van der Waals surface area contributed by atoms with E-state index in [1.165, 1.54) is 24.8 Å². The number of nitrogens with one attached hydrogen (secondary N) is 2. The van der Waals surface area contributed by atoms with Crippen molar-refractivity contribution in [2.24, 2.45) is 5.10 Å². The molecule has 1 fully saturated rings. The Labute approximate surface area is 183 Å². The number of hydrogen-bond donors (Lipinski definition) is 2. The fraction of sp³-hybridized carbons (Fsp3) is 0.273. The van der Waals surface area contributed by atoms with Gasteiger partial charge in [-0.05, 0) is 49.1 Å². The van der Waals surface area contributed by atoms with Crippen LogP contribution in [0.25, 0.3) is 0 Å². The van der Waals surface area contributed by atoms with E-state index >= 15 is 0 Å². The molecule has 1 aliphatic heterocycles. The van der Waals surface area contributed by atoms with Gasteiger partial charge in [-0.25, -0.2) is 5.43 Å². The van der Waals surface area contributed by atoms with Crippen molar-refractivity contribution in [1.29, 1.82) is 0 Å². The van der Waals surface area contributed by atoms with Crippen LogP contribution >= 0.6 is 0 Å². The third kappa shape index (κ3) is 5.71. The lowest BCUT2D eigenvalue weighted by Crippen LogP contribution is -2.31. The van der Waals surface area contributed by atoms with Gasteiger partial charge in [0.2, 0.25) is 17.8 Å². The number of halogens is 3. The van der Waals surface area contributed by atoms with Crippen molar-refractivity contribution >= 4 is 29.7 Å². The highest BCUT2D eigenvalue weighted by molar-refractivity contribution is 5.80. The first-order chi connectivity index (χ1) is 15.5. The molecule has 0 aliphatic carbocycles. The van der Waals surface area contributed by atoms with E-state index in [0.29, 0.717) is 17.5 Å². The van der Waals surface area contributed by atoms with E-state index in [1.54, 1.807) is 0 Å². The topological polar surface area (TPSA) is 78.3 Å². The minimum absolute atomic E-state index is 0.197. The largest absolute Gasteiger partial charge is 0.416 e. The van der Waals surface area contributed by atoms with E-state index in [4.69, 9.17) is 0 Å². The molecule has 0 bridgehead atoms. The molecule has 0 atom stereocenters. The van der Waals surface area contributed by atoms with Gasteiger partial charge in [-0.3, -0.25) is 0 Å². The number of para-hydroxylation sites is 1. The zero-order valence-corrected chi connectivity index (χ0v) is 17.2. The molecule has 0 radical (unpaired) electrons. The molecule has 7 nitrogen and oxygen atoms in total. The summed E-state index contributed by atoms with van der Waals surface area (Å²) >= 11 is 0. The molecule has 4 rings (SSSR count). The van der Waals surface area contributed by atoms with Crippen LogP contribution in [0.15, 0.2) is 59.7 Å². The third-order valence-electron chi connectivity index (χ3n) is 4.88. The Hall–Kier alpha value is -3.69. The quantitative estimate of drug-likeness (QED) is 0.411. The molecule has 10 heteroatoms. The van der Waals surface area contributed by atoms with E-state index < -0.39 is 11.7 Å². The number of hydrazone groups is 1. The van der Waals surface area contributed by atoms with Gasteiger partial charge in [-0.2, -0.15) is 33.2 Å². The van der Waals surface area contributed by atoms with E-state index in [-0.39, 0.29) is 5.95 Å². The first-order valence-corrected chi connectivity index (χ1v) is 10.3. The molecule has 0 amide bonds. The molecule has 0 saturated carbocycles. The first-order valence-electron chi connectivity index (χ1n) is 10.3. The Morgan fingerprint density at radius 2 is 1.62 bits per heavy atom. The number of piperidine rings is 1. The van der Waals surface area contributed by atoms with E-state index in [2.05, 4.69) is 35.7 Å². The number of rotatable bonds is 6. The third-order valence-corrected chi connectivity index (χ3v) is 4.88. The highest BCUT2D eigenvalue weighted by Gasteiger charge is 2.30. The predicted molar refractivity (Wildman–Crippen MR) is 118 cm³/mol. The Morgan fingerprint density at radius 3 is 2.38 bits per heavy atom. The average molecular weight is 441 g/mol. The monoisotopic (exact) mass is 441 g/mol. The molecule has 166 valence electrons. The number of anilines is 4. The second-order valence-corrected chi connectivity index (χ2v) is 7.31. The summed E-state index contributed by atoms with van der Waals surface area (Å²) in [5.41, 5.74) is 3.11. The Morgan fingerprint density at radius 1 is 0.875 bits per heavy atom. The van der Waals surface area contributed by atoms with Gasteiger partial charge in [0.05, 0.1) is 11.8 Å². The SMILES string of the molecule is FC(F)(F)c1cccc(/C=N\Nc2nc(Nc3ccccc3)nc(N3CCCCC3)n2)c1. The van der Waals surface area contributed by atoms with E-state index in [1.807, 2.05) is 30.3 Å². The van der Waals surface area contributed by atoms with Crippen LogP contribution in [0.2, 0.25) is 0 Å². The summed E-state index contributed by atoms with van der Waals surface area (Å²) in [6.07, 6.45) is 0.174. The van der Waals surface area contributed by atoms with Crippen LogP contribution in [-0.4, -0.2) is 34.3 Å². The smallest absolute Gasteiger partial charge is 0.341 e. The lowest BCUT2D eigenvalue weighted by molar-refractivity contribution is -0.137. The van der Waals surface area contributed by atoms with Gasteiger partial charge in [0.15, 0.2) is 0 Å². The van der Waals surface area contributed by atoms with Crippen molar-refractivity contribution in [2.45, 2.75) is 25.4 Å². The van der Waals surface area contributed by atoms with Gasteiger partial charge < -0.3 is 10.2 Å². The molecule has 1 aromatic heterocycles. The molecule has 1 saturated heterocycles. The fourth-order valence-corrected chi connectivity index (χ4v) is 3.32. The van der Waals surface area contributed by atoms with Crippen LogP contribution in [0.1, 0.15) is 30.4 Å². The van der Waals surface area contributed by atoms with Crippen LogP contribution in [0.4, 0.5) is 36.7 Å². The maximum Gasteiger partial charge on any atom is 0.416 e. The molecule has 2 heterocycles. The molecular formula is C22H22F3N7.